The monoisotopic (exact) mass is 325 g/mol. The molecule has 0 aliphatic rings. The van der Waals surface area contributed by atoms with Crippen molar-refractivity contribution in [2.24, 2.45) is 0 Å². The number of imidazole rings is 1. The van der Waals surface area contributed by atoms with E-state index < -0.39 is 6.10 Å². The minimum Gasteiger partial charge on any atom is -0.491 e. The van der Waals surface area contributed by atoms with E-state index >= 15 is 0 Å². The number of aliphatic hydroxyl groups excluding tert-OH is 1. The number of aliphatic hydroxyl groups is 1. The van der Waals surface area contributed by atoms with Crippen LogP contribution in [-0.4, -0.2) is 22.4 Å². The number of benzene rings is 2. The first-order valence-electron chi connectivity index (χ1n) is 8.45. The largest absolute Gasteiger partial charge is 0.491 e. The fourth-order valence-corrected chi connectivity index (χ4v) is 3.21. The van der Waals surface area contributed by atoms with Gasteiger partial charge in [-0.05, 0) is 43.7 Å². The van der Waals surface area contributed by atoms with E-state index in [1.165, 1.54) is 5.52 Å². The zero-order chi connectivity index (χ0) is 17.1. The van der Waals surface area contributed by atoms with Crippen LogP contribution in [0.1, 0.15) is 18.3 Å². The number of rotatable bonds is 6. The van der Waals surface area contributed by atoms with E-state index in [0.717, 1.165) is 29.2 Å². The van der Waals surface area contributed by atoms with Crippen LogP contribution in [0.3, 0.4) is 0 Å². The van der Waals surface area contributed by atoms with Crippen molar-refractivity contribution >= 4 is 11.0 Å². The molecule has 2 aromatic carbocycles. The fraction of sp³-hybridized carbons (Fsp3) is 0.350. The van der Waals surface area contributed by atoms with Crippen LogP contribution in [0.4, 0.5) is 0 Å². The normalized spacial score (nSPS) is 12.5. The number of fused-ring (bicyclic) bond motifs is 1. The Morgan fingerprint density at radius 3 is 2.67 bits per heavy atom. The molecule has 0 amide bonds. The van der Waals surface area contributed by atoms with Crippen LogP contribution in [0.5, 0.6) is 5.75 Å². The van der Waals surface area contributed by atoms with Gasteiger partial charge in [0.05, 0.1) is 6.54 Å². The minimum atomic E-state index is -0.565. The molecule has 1 aromatic heterocycles. The van der Waals surface area contributed by atoms with E-state index in [4.69, 9.17) is 4.74 Å². The van der Waals surface area contributed by atoms with E-state index in [9.17, 15) is 5.11 Å². The number of para-hydroxylation sites is 2. The molecule has 0 radical (unpaired) electrons. The minimum absolute atomic E-state index is 0.279. The van der Waals surface area contributed by atoms with Gasteiger partial charge in [-0.15, -0.1) is 0 Å². The molecule has 0 aliphatic heterocycles. The summed E-state index contributed by atoms with van der Waals surface area (Å²) in [7, 11) is 0. The number of hydrogen-bond donors (Lipinski definition) is 1. The molecule has 126 valence electrons. The second-order valence-corrected chi connectivity index (χ2v) is 6.17. The van der Waals surface area contributed by atoms with E-state index in [0.29, 0.717) is 6.54 Å². The Labute approximate surface area is 142 Å². The molecule has 1 atom stereocenters. The van der Waals surface area contributed by atoms with Crippen molar-refractivity contribution in [3.8, 4) is 5.75 Å². The van der Waals surface area contributed by atoms with E-state index in [-0.39, 0.29) is 6.61 Å². The van der Waals surface area contributed by atoms with E-state index in [1.54, 1.807) is 0 Å². The van der Waals surface area contributed by atoms with Crippen molar-refractivity contribution in [1.82, 2.24) is 4.57 Å². The van der Waals surface area contributed by atoms with Gasteiger partial charge in [0.25, 0.3) is 5.82 Å². The molecule has 4 heteroatoms. The SMILES string of the molecule is CCn1c(C)[n+](C[C@H](O)COc2cccc(C)c2)c2ccccc21. The Hall–Kier alpha value is -2.33. The number of aryl methyl sites for hydroxylation is 2. The lowest BCUT2D eigenvalue weighted by atomic mass is 10.2. The Balaban J connectivity index is 1.76. The van der Waals surface area contributed by atoms with E-state index in [1.807, 2.05) is 37.3 Å². The van der Waals surface area contributed by atoms with Crippen molar-refractivity contribution in [2.75, 3.05) is 6.61 Å². The number of ether oxygens (including phenoxy) is 1. The number of hydrogen-bond acceptors (Lipinski definition) is 2. The van der Waals surface area contributed by atoms with Crippen molar-refractivity contribution < 1.29 is 14.4 Å². The summed E-state index contributed by atoms with van der Waals surface area (Å²) >= 11 is 0. The number of aromatic nitrogens is 2. The summed E-state index contributed by atoms with van der Waals surface area (Å²) in [6, 6.07) is 16.2. The molecule has 4 nitrogen and oxygen atoms in total. The first-order valence-corrected chi connectivity index (χ1v) is 8.45. The summed E-state index contributed by atoms with van der Waals surface area (Å²) in [5.41, 5.74) is 3.49. The highest BCUT2D eigenvalue weighted by atomic mass is 16.5. The van der Waals surface area contributed by atoms with Gasteiger partial charge >= 0.3 is 0 Å². The third kappa shape index (κ3) is 3.29. The smallest absolute Gasteiger partial charge is 0.254 e. The molecule has 1 N–H and O–H groups in total. The number of nitrogens with zero attached hydrogens (tertiary/aromatic N) is 2. The molecule has 0 spiro atoms. The Bertz CT molecular complexity index is 839. The molecule has 0 saturated carbocycles. The predicted octanol–water partition coefficient (Wildman–Crippen LogP) is 3.01. The third-order valence-corrected chi connectivity index (χ3v) is 4.39. The highest BCUT2D eigenvalue weighted by molar-refractivity contribution is 5.72. The van der Waals surface area contributed by atoms with Crippen LogP contribution >= 0.6 is 0 Å². The third-order valence-electron chi connectivity index (χ3n) is 4.39. The van der Waals surface area contributed by atoms with Crippen molar-refractivity contribution in [1.29, 1.82) is 0 Å². The zero-order valence-corrected chi connectivity index (χ0v) is 14.6. The Morgan fingerprint density at radius 2 is 1.92 bits per heavy atom. The predicted molar refractivity (Wildman–Crippen MR) is 95.2 cm³/mol. The summed E-state index contributed by atoms with van der Waals surface area (Å²) in [5, 5.41) is 10.4. The van der Waals surface area contributed by atoms with Gasteiger partial charge in [-0.2, -0.15) is 0 Å². The van der Waals surface area contributed by atoms with Crippen LogP contribution in [0.15, 0.2) is 48.5 Å². The summed E-state index contributed by atoms with van der Waals surface area (Å²) in [6.07, 6.45) is -0.565. The van der Waals surface area contributed by atoms with Gasteiger partial charge in [-0.1, -0.05) is 24.3 Å². The fourth-order valence-electron chi connectivity index (χ4n) is 3.21. The van der Waals surface area contributed by atoms with Crippen molar-refractivity contribution in [2.45, 2.75) is 40.0 Å². The van der Waals surface area contributed by atoms with Crippen molar-refractivity contribution in [3.63, 3.8) is 0 Å². The lowest BCUT2D eigenvalue weighted by Gasteiger charge is -2.12. The molecular weight excluding hydrogens is 300 g/mol. The Morgan fingerprint density at radius 1 is 1.12 bits per heavy atom. The maximum Gasteiger partial charge on any atom is 0.254 e. The van der Waals surface area contributed by atoms with Crippen LogP contribution in [0.25, 0.3) is 11.0 Å². The topological polar surface area (TPSA) is 38.3 Å². The van der Waals surface area contributed by atoms with Crippen LogP contribution in [0, 0.1) is 13.8 Å². The average molecular weight is 325 g/mol. The summed E-state index contributed by atoms with van der Waals surface area (Å²) in [4.78, 5) is 0. The van der Waals surface area contributed by atoms with Gasteiger partial charge < -0.3 is 9.84 Å². The van der Waals surface area contributed by atoms with Crippen LogP contribution in [0.2, 0.25) is 0 Å². The van der Waals surface area contributed by atoms with Crippen LogP contribution < -0.4 is 9.30 Å². The van der Waals surface area contributed by atoms with E-state index in [2.05, 4.69) is 41.2 Å². The van der Waals surface area contributed by atoms with Crippen molar-refractivity contribution in [3.05, 3.63) is 59.9 Å². The highest BCUT2D eigenvalue weighted by Crippen LogP contribution is 2.15. The zero-order valence-electron chi connectivity index (χ0n) is 14.6. The molecular formula is C20H25N2O2+. The second-order valence-electron chi connectivity index (χ2n) is 6.17. The molecule has 0 aliphatic carbocycles. The molecule has 0 bridgehead atoms. The van der Waals surface area contributed by atoms with Gasteiger partial charge in [0.15, 0.2) is 11.0 Å². The molecule has 3 aromatic rings. The lowest BCUT2D eigenvalue weighted by molar-refractivity contribution is -0.685. The summed E-state index contributed by atoms with van der Waals surface area (Å²) in [6.45, 7) is 7.97. The average Bonchev–Trinajstić information content (AvgIpc) is 2.85. The Kier molecular flexibility index (Phi) is 4.86. The maximum atomic E-state index is 10.4. The maximum absolute atomic E-state index is 10.4. The van der Waals surface area contributed by atoms with Gasteiger partial charge in [-0.25, -0.2) is 9.13 Å². The van der Waals surface area contributed by atoms with Crippen LogP contribution in [-0.2, 0) is 13.1 Å². The second kappa shape index (κ2) is 7.05. The molecule has 1 heterocycles. The van der Waals surface area contributed by atoms with Gasteiger partial charge in [-0.3, -0.25) is 0 Å². The van der Waals surface area contributed by atoms with Gasteiger partial charge in [0.1, 0.15) is 25.0 Å². The first-order chi connectivity index (χ1) is 11.6. The van der Waals surface area contributed by atoms with Gasteiger partial charge in [0.2, 0.25) is 0 Å². The summed E-state index contributed by atoms with van der Waals surface area (Å²) < 4.78 is 10.2. The quantitative estimate of drug-likeness (QED) is 0.708. The molecule has 24 heavy (non-hydrogen) atoms. The van der Waals surface area contributed by atoms with Gasteiger partial charge in [0, 0.05) is 6.92 Å². The molecule has 0 saturated heterocycles. The first kappa shape index (κ1) is 16.5. The summed E-state index contributed by atoms with van der Waals surface area (Å²) in [5.74, 6) is 1.94. The molecule has 0 unspecified atom stereocenters. The molecule has 3 rings (SSSR count). The highest BCUT2D eigenvalue weighted by Gasteiger charge is 2.22. The lowest BCUT2D eigenvalue weighted by Crippen LogP contribution is -2.44. The standard InChI is InChI=1S/C20H25N2O2/c1-4-21-16(3)22(20-11-6-5-10-19(20)21)13-17(23)14-24-18-9-7-8-15(2)12-18/h5-12,17,23H,4,13-14H2,1-3H3/q+1/t17-/m0/s1. The molecule has 0 fully saturated rings.